The van der Waals surface area contributed by atoms with Gasteiger partial charge in [0.25, 0.3) is 0 Å². The Hall–Kier alpha value is -2.35. The van der Waals surface area contributed by atoms with E-state index in [2.05, 4.69) is 15.6 Å². The van der Waals surface area contributed by atoms with E-state index < -0.39 is 0 Å². The van der Waals surface area contributed by atoms with Gasteiger partial charge in [0.2, 0.25) is 5.91 Å². The highest BCUT2D eigenvalue weighted by Gasteiger charge is 2.32. The van der Waals surface area contributed by atoms with Gasteiger partial charge < -0.3 is 25.2 Å². The number of rotatable bonds is 5. The van der Waals surface area contributed by atoms with Crippen LogP contribution in [0.4, 0.5) is 10.1 Å². The van der Waals surface area contributed by atoms with Crippen LogP contribution in [-0.2, 0) is 16.1 Å². The Morgan fingerprint density at radius 2 is 1.97 bits per heavy atom. The summed E-state index contributed by atoms with van der Waals surface area (Å²) in [6.45, 7) is 4.71. The number of benzene rings is 1. The largest absolute Gasteiger partial charge is 0.378 e. The number of ether oxygens (including phenoxy) is 1. The summed E-state index contributed by atoms with van der Waals surface area (Å²) in [6, 6.07) is 5.57. The maximum absolute atomic E-state index is 14.6. The Kier molecular flexibility index (Phi) is 7.27. The van der Waals surface area contributed by atoms with Gasteiger partial charge in [0.1, 0.15) is 5.82 Å². The second-order valence-electron chi connectivity index (χ2n) is 8.71. The van der Waals surface area contributed by atoms with Crippen LogP contribution < -0.4 is 15.5 Å². The van der Waals surface area contributed by atoms with Crippen LogP contribution in [0.2, 0.25) is 0 Å². The quantitative estimate of drug-likeness (QED) is 0.552. The van der Waals surface area contributed by atoms with E-state index in [9.17, 15) is 9.18 Å². The van der Waals surface area contributed by atoms with Crippen molar-refractivity contribution >= 4 is 17.6 Å². The van der Waals surface area contributed by atoms with Gasteiger partial charge in [0.15, 0.2) is 5.96 Å². The number of nitrogens with one attached hydrogen (secondary N) is 2. The van der Waals surface area contributed by atoms with Gasteiger partial charge >= 0.3 is 0 Å². The molecule has 2 saturated heterocycles. The standard InChI is InChI=1S/C23H34FN5O2/c1-25-23(27-19-8-9-29(16-19)22(30)18-4-2-3-5-18)26-15-17-6-7-21(20(24)14-17)28-10-12-31-13-11-28/h6-7,14,18-19H,2-5,8-13,15-16H2,1H3,(H2,25,26,27). The van der Waals surface area contributed by atoms with Crippen LogP contribution in [0, 0.1) is 11.7 Å². The summed E-state index contributed by atoms with van der Waals surface area (Å²) in [4.78, 5) is 21.0. The van der Waals surface area contributed by atoms with E-state index in [0.717, 1.165) is 37.9 Å². The molecular weight excluding hydrogens is 397 g/mol. The first kappa shape index (κ1) is 21.9. The minimum absolute atomic E-state index is 0.192. The van der Waals surface area contributed by atoms with Gasteiger partial charge in [0, 0.05) is 51.7 Å². The molecule has 4 rings (SSSR count). The molecule has 8 heteroatoms. The number of amides is 1. The molecule has 7 nitrogen and oxygen atoms in total. The molecule has 0 radical (unpaired) electrons. The maximum Gasteiger partial charge on any atom is 0.225 e. The van der Waals surface area contributed by atoms with Crippen molar-refractivity contribution in [2.45, 2.75) is 44.7 Å². The summed E-state index contributed by atoms with van der Waals surface area (Å²) in [5, 5.41) is 6.69. The molecule has 1 aliphatic carbocycles. The number of nitrogens with zero attached hydrogens (tertiary/aromatic N) is 3. The van der Waals surface area contributed by atoms with Crippen molar-refractivity contribution in [1.29, 1.82) is 0 Å². The monoisotopic (exact) mass is 431 g/mol. The molecule has 1 atom stereocenters. The molecule has 1 amide bonds. The Balaban J connectivity index is 1.26. The minimum atomic E-state index is -0.207. The number of halogens is 1. The topological polar surface area (TPSA) is 69.2 Å². The van der Waals surface area contributed by atoms with Crippen LogP contribution in [0.3, 0.4) is 0 Å². The predicted octanol–water partition coefficient (Wildman–Crippen LogP) is 2.12. The van der Waals surface area contributed by atoms with Gasteiger partial charge in [-0.3, -0.25) is 9.79 Å². The Labute approximate surface area is 184 Å². The van der Waals surface area contributed by atoms with Crippen LogP contribution in [0.25, 0.3) is 0 Å². The van der Waals surface area contributed by atoms with Gasteiger partial charge in [0.05, 0.1) is 18.9 Å². The summed E-state index contributed by atoms with van der Waals surface area (Å²) in [5.74, 6) is 1.02. The third-order valence-electron chi connectivity index (χ3n) is 6.59. The number of anilines is 1. The Morgan fingerprint density at radius 1 is 1.19 bits per heavy atom. The zero-order valence-electron chi connectivity index (χ0n) is 18.4. The lowest BCUT2D eigenvalue weighted by Gasteiger charge is -2.29. The molecular formula is C23H34FN5O2. The number of morpholine rings is 1. The Morgan fingerprint density at radius 3 is 2.68 bits per heavy atom. The number of hydrogen-bond acceptors (Lipinski definition) is 4. The van der Waals surface area contributed by atoms with Crippen molar-refractivity contribution in [3.8, 4) is 0 Å². The summed E-state index contributed by atoms with van der Waals surface area (Å²) >= 11 is 0. The van der Waals surface area contributed by atoms with Crippen LogP contribution >= 0.6 is 0 Å². The number of carbonyl (C=O) groups is 1. The Bertz CT molecular complexity index is 790. The first-order valence-corrected chi connectivity index (χ1v) is 11.5. The number of likely N-dealkylation sites (tertiary alicyclic amines) is 1. The summed E-state index contributed by atoms with van der Waals surface area (Å²) < 4.78 is 20.0. The molecule has 2 N–H and O–H groups in total. The minimum Gasteiger partial charge on any atom is -0.378 e. The van der Waals surface area contributed by atoms with E-state index in [-0.39, 0.29) is 17.8 Å². The van der Waals surface area contributed by atoms with Crippen molar-refractivity contribution in [3.63, 3.8) is 0 Å². The molecule has 1 aromatic carbocycles. The third-order valence-corrected chi connectivity index (χ3v) is 6.59. The molecule has 0 spiro atoms. The normalized spacial score (nSPS) is 22.8. The molecule has 170 valence electrons. The molecule has 1 saturated carbocycles. The highest BCUT2D eigenvalue weighted by atomic mass is 19.1. The SMILES string of the molecule is CN=C(NCc1ccc(N2CCOCC2)c(F)c1)NC1CCN(C(=O)C2CCCC2)C1. The van der Waals surface area contributed by atoms with Gasteiger partial charge in [-0.2, -0.15) is 0 Å². The highest BCUT2D eigenvalue weighted by Crippen LogP contribution is 2.28. The molecule has 1 aromatic rings. The number of hydrogen-bond donors (Lipinski definition) is 2. The van der Waals surface area contributed by atoms with Crippen molar-refractivity contribution in [2.24, 2.45) is 10.9 Å². The third kappa shape index (κ3) is 5.47. The second-order valence-corrected chi connectivity index (χ2v) is 8.71. The van der Waals surface area contributed by atoms with E-state index in [1.54, 1.807) is 13.1 Å². The van der Waals surface area contributed by atoms with Crippen molar-refractivity contribution < 1.29 is 13.9 Å². The fraction of sp³-hybridized carbons (Fsp3) is 0.652. The zero-order chi connectivity index (χ0) is 21.6. The fourth-order valence-electron chi connectivity index (χ4n) is 4.80. The first-order valence-electron chi connectivity index (χ1n) is 11.5. The lowest BCUT2D eigenvalue weighted by molar-refractivity contribution is -0.134. The fourth-order valence-corrected chi connectivity index (χ4v) is 4.80. The number of carbonyl (C=O) groups excluding carboxylic acids is 1. The summed E-state index contributed by atoms with van der Waals surface area (Å²) in [7, 11) is 1.73. The number of guanidine groups is 1. The molecule has 3 fully saturated rings. The van der Waals surface area contributed by atoms with Crippen LogP contribution in [0.1, 0.15) is 37.7 Å². The van der Waals surface area contributed by atoms with E-state index in [4.69, 9.17) is 4.74 Å². The van der Waals surface area contributed by atoms with Gasteiger partial charge in [-0.05, 0) is 37.0 Å². The molecule has 31 heavy (non-hydrogen) atoms. The van der Waals surface area contributed by atoms with Crippen LogP contribution in [0.15, 0.2) is 23.2 Å². The van der Waals surface area contributed by atoms with Crippen molar-refractivity contribution in [1.82, 2.24) is 15.5 Å². The summed E-state index contributed by atoms with van der Waals surface area (Å²) in [5.41, 5.74) is 1.49. The van der Waals surface area contributed by atoms with E-state index in [0.29, 0.717) is 50.4 Å². The maximum atomic E-state index is 14.6. The molecule has 1 unspecified atom stereocenters. The average Bonchev–Trinajstić information content (AvgIpc) is 3.49. The molecule has 0 aromatic heterocycles. The van der Waals surface area contributed by atoms with E-state index >= 15 is 0 Å². The summed E-state index contributed by atoms with van der Waals surface area (Å²) in [6.07, 6.45) is 5.35. The molecule has 0 bridgehead atoms. The van der Waals surface area contributed by atoms with Crippen molar-refractivity contribution in [2.75, 3.05) is 51.3 Å². The predicted molar refractivity (Wildman–Crippen MR) is 120 cm³/mol. The van der Waals surface area contributed by atoms with Gasteiger partial charge in [-0.15, -0.1) is 0 Å². The molecule has 2 aliphatic heterocycles. The zero-order valence-corrected chi connectivity index (χ0v) is 18.4. The van der Waals surface area contributed by atoms with Crippen LogP contribution in [0.5, 0.6) is 0 Å². The lowest BCUT2D eigenvalue weighted by atomic mass is 10.1. The van der Waals surface area contributed by atoms with Gasteiger partial charge in [-0.25, -0.2) is 4.39 Å². The second kappa shape index (κ2) is 10.3. The molecule has 3 aliphatic rings. The first-order chi connectivity index (χ1) is 15.1. The van der Waals surface area contributed by atoms with Crippen LogP contribution in [-0.4, -0.2) is 69.2 Å². The molecule has 2 heterocycles. The van der Waals surface area contributed by atoms with E-state index in [1.165, 1.54) is 12.8 Å². The highest BCUT2D eigenvalue weighted by molar-refractivity contribution is 5.81. The smallest absolute Gasteiger partial charge is 0.225 e. The van der Waals surface area contributed by atoms with E-state index in [1.807, 2.05) is 21.9 Å². The number of aliphatic imine (C=N–C) groups is 1. The van der Waals surface area contributed by atoms with Crippen molar-refractivity contribution in [3.05, 3.63) is 29.6 Å². The average molecular weight is 432 g/mol. The van der Waals surface area contributed by atoms with Gasteiger partial charge in [-0.1, -0.05) is 18.9 Å². The lowest BCUT2D eigenvalue weighted by Crippen LogP contribution is -2.45.